The molecule has 0 aliphatic carbocycles. The van der Waals surface area contributed by atoms with E-state index in [9.17, 15) is 19.0 Å². The van der Waals surface area contributed by atoms with E-state index in [1.165, 1.54) is 289 Å². The normalized spacial score (nSPS) is 13.3. The van der Waals surface area contributed by atoms with Crippen LogP contribution in [0.1, 0.15) is 393 Å². The van der Waals surface area contributed by atoms with Gasteiger partial charge in [0.15, 0.2) is 6.10 Å². The Hall–Kier alpha value is -2.29. The third kappa shape index (κ3) is 76.6. The van der Waals surface area contributed by atoms with Crippen LogP contribution in [0.15, 0.2) is 60.8 Å². The number of phosphoric acid groups is 1. The monoisotopic (exact) mass is 1300 g/mol. The lowest BCUT2D eigenvalue weighted by Gasteiger charge is -2.24. The van der Waals surface area contributed by atoms with E-state index in [4.69, 9.17) is 18.5 Å². The topological polar surface area (TPSA) is 108 Å². The average Bonchev–Trinajstić information content (AvgIpc) is 3.74. The first-order chi connectivity index (χ1) is 44.5. The Balaban J connectivity index is 3.91. The minimum atomic E-state index is -4.40. The van der Waals surface area contributed by atoms with Crippen molar-refractivity contribution in [2.75, 3.05) is 47.5 Å². The molecular weight excluding hydrogens is 1150 g/mol. The van der Waals surface area contributed by atoms with Gasteiger partial charge in [-0.1, -0.05) is 383 Å². The van der Waals surface area contributed by atoms with Crippen LogP contribution in [0.4, 0.5) is 0 Å². The smallest absolute Gasteiger partial charge is 0.462 e. The molecule has 0 heterocycles. The van der Waals surface area contributed by atoms with Gasteiger partial charge in [0, 0.05) is 12.8 Å². The minimum Gasteiger partial charge on any atom is -0.462 e. The van der Waals surface area contributed by atoms with Gasteiger partial charge in [-0.05, 0) is 57.8 Å². The predicted molar refractivity (Wildman–Crippen MR) is 395 cm³/mol. The Morgan fingerprint density at radius 3 is 0.934 bits per heavy atom. The molecule has 0 aliphatic rings. The highest BCUT2D eigenvalue weighted by molar-refractivity contribution is 7.47. The SMILES string of the molecule is CC/C=C\C/C=C\C/C=C\C/C=C\C/C=C\CCCCCCCCCCCCCCCC(=O)OC(COC(=O)CCCCCCCCCCCCCCCCCCCCCCCCCCCCCCCCCCCCCCCC)COP(=O)(O)OCC[N+](C)(C)C. The molecule has 0 aromatic carbocycles. The van der Waals surface area contributed by atoms with Crippen LogP contribution in [-0.2, 0) is 32.7 Å². The molecule has 0 spiro atoms. The number of quaternary nitrogens is 1. The number of nitrogens with zero attached hydrogens (tertiary/aromatic N) is 1. The molecule has 10 heteroatoms. The number of carbonyl (C=O) groups is 2. The molecule has 0 rings (SSSR count). The first kappa shape index (κ1) is 88.7. The van der Waals surface area contributed by atoms with Crippen LogP contribution in [0.25, 0.3) is 0 Å². The maximum Gasteiger partial charge on any atom is 0.472 e. The zero-order valence-electron chi connectivity index (χ0n) is 61.1. The van der Waals surface area contributed by atoms with Crippen molar-refractivity contribution in [2.24, 2.45) is 0 Å². The second-order valence-corrected chi connectivity index (χ2v) is 29.5. The largest absolute Gasteiger partial charge is 0.472 e. The maximum absolute atomic E-state index is 12.9. The zero-order valence-corrected chi connectivity index (χ0v) is 62.0. The first-order valence-electron chi connectivity index (χ1n) is 39.5. The summed E-state index contributed by atoms with van der Waals surface area (Å²) in [5.41, 5.74) is 0. The lowest BCUT2D eigenvalue weighted by Crippen LogP contribution is -2.37. The van der Waals surface area contributed by atoms with Crippen LogP contribution < -0.4 is 0 Å². The molecule has 1 N–H and O–H groups in total. The van der Waals surface area contributed by atoms with Crippen LogP contribution in [0, 0.1) is 0 Å². The van der Waals surface area contributed by atoms with Crippen molar-refractivity contribution < 1.29 is 42.1 Å². The van der Waals surface area contributed by atoms with Gasteiger partial charge < -0.3 is 18.9 Å². The fourth-order valence-electron chi connectivity index (χ4n) is 11.8. The van der Waals surface area contributed by atoms with E-state index in [1.807, 2.05) is 21.1 Å². The third-order valence-corrected chi connectivity index (χ3v) is 18.8. The second-order valence-electron chi connectivity index (χ2n) is 28.1. The predicted octanol–water partition coefficient (Wildman–Crippen LogP) is 26.1. The summed E-state index contributed by atoms with van der Waals surface area (Å²) in [6.45, 7) is 4.39. The molecule has 0 amide bonds. The number of ether oxygens (including phenoxy) is 2. The van der Waals surface area contributed by atoms with Gasteiger partial charge in [-0.3, -0.25) is 18.6 Å². The molecule has 0 bridgehead atoms. The van der Waals surface area contributed by atoms with Gasteiger partial charge in [0.05, 0.1) is 27.7 Å². The van der Waals surface area contributed by atoms with E-state index in [2.05, 4.69) is 74.6 Å². The van der Waals surface area contributed by atoms with Gasteiger partial charge in [-0.25, -0.2) is 4.57 Å². The summed E-state index contributed by atoms with van der Waals surface area (Å²) in [6.07, 6.45) is 96.6. The Labute approximate surface area is 566 Å². The summed E-state index contributed by atoms with van der Waals surface area (Å²) in [7, 11) is 1.49. The molecule has 9 nitrogen and oxygen atoms in total. The summed E-state index contributed by atoms with van der Waals surface area (Å²) in [5.74, 6) is -0.780. The quantitative estimate of drug-likeness (QED) is 0.0211. The summed E-state index contributed by atoms with van der Waals surface area (Å²) < 4.78 is 34.8. The number of likely N-dealkylation sites (N-methyl/N-ethyl adjacent to an activating group) is 1. The van der Waals surface area contributed by atoms with Gasteiger partial charge >= 0.3 is 19.8 Å². The highest BCUT2D eigenvalue weighted by Crippen LogP contribution is 2.43. The molecule has 0 radical (unpaired) electrons. The van der Waals surface area contributed by atoms with Crippen LogP contribution in [-0.4, -0.2) is 74.9 Å². The third-order valence-electron chi connectivity index (χ3n) is 17.8. The molecule has 0 saturated carbocycles. The zero-order chi connectivity index (χ0) is 66.2. The lowest BCUT2D eigenvalue weighted by molar-refractivity contribution is -0.870. The molecule has 0 aromatic rings. The fourth-order valence-corrected chi connectivity index (χ4v) is 12.6. The average molecular weight is 1300 g/mol. The van der Waals surface area contributed by atoms with Gasteiger partial charge in [-0.15, -0.1) is 0 Å². The van der Waals surface area contributed by atoms with Crippen molar-refractivity contribution in [2.45, 2.75) is 399 Å². The van der Waals surface area contributed by atoms with Crippen LogP contribution in [0.5, 0.6) is 0 Å². The minimum absolute atomic E-state index is 0.0322. The Bertz CT molecular complexity index is 1720. The Kier molecular flexibility index (Phi) is 70.2. The molecule has 91 heavy (non-hydrogen) atoms. The van der Waals surface area contributed by atoms with Gasteiger partial charge in [0.1, 0.15) is 19.8 Å². The van der Waals surface area contributed by atoms with Crippen molar-refractivity contribution >= 4 is 19.8 Å². The molecule has 0 saturated heterocycles. The summed E-state index contributed by atoms with van der Waals surface area (Å²) in [5, 5.41) is 0. The molecular formula is C81H153NO8P+. The number of rotatable bonds is 74. The van der Waals surface area contributed by atoms with E-state index in [-0.39, 0.29) is 25.6 Å². The van der Waals surface area contributed by atoms with Gasteiger partial charge in [0.2, 0.25) is 0 Å². The van der Waals surface area contributed by atoms with Crippen molar-refractivity contribution in [1.29, 1.82) is 0 Å². The lowest BCUT2D eigenvalue weighted by atomic mass is 10.0. The van der Waals surface area contributed by atoms with Crippen LogP contribution >= 0.6 is 7.82 Å². The summed E-state index contributed by atoms with van der Waals surface area (Å²) >= 11 is 0. The van der Waals surface area contributed by atoms with E-state index in [0.717, 1.165) is 70.6 Å². The molecule has 2 unspecified atom stereocenters. The van der Waals surface area contributed by atoms with Crippen molar-refractivity contribution in [3.05, 3.63) is 60.8 Å². The molecule has 0 aliphatic heterocycles. The van der Waals surface area contributed by atoms with Crippen LogP contribution in [0.3, 0.4) is 0 Å². The number of hydrogen-bond acceptors (Lipinski definition) is 7. The number of allylic oxidation sites excluding steroid dienone is 10. The van der Waals surface area contributed by atoms with E-state index < -0.39 is 26.5 Å². The Morgan fingerprint density at radius 2 is 0.626 bits per heavy atom. The highest BCUT2D eigenvalue weighted by atomic mass is 31.2. The summed E-state index contributed by atoms with van der Waals surface area (Å²) in [4.78, 5) is 36.0. The fraction of sp³-hybridized carbons (Fsp3) is 0.852. The molecule has 534 valence electrons. The van der Waals surface area contributed by atoms with Gasteiger partial charge in [-0.2, -0.15) is 0 Å². The van der Waals surface area contributed by atoms with Gasteiger partial charge in [0.25, 0.3) is 0 Å². The first-order valence-corrected chi connectivity index (χ1v) is 41.0. The Morgan fingerprint density at radius 1 is 0.352 bits per heavy atom. The number of esters is 2. The molecule has 0 aromatic heterocycles. The van der Waals surface area contributed by atoms with Crippen molar-refractivity contribution in [3.8, 4) is 0 Å². The van der Waals surface area contributed by atoms with Crippen molar-refractivity contribution in [3.63, 3.8) is 0 Å². The number of phosphoric ester groups is 1. The molecule has 2 atom stereocenters. The maximum atomic E-state index is 12.9. The van der Waals surface area contributed by atoms with Crippen LogP contribution in [0.2, 0.25) is 0 Å². The van der Waals surface area contributed by atoms with Crippen molar-refractivity contribution in [1.82, 2.24) is 0 Å². The second kappa shape index (κ2) is 72.0. The highest BCUT2D eigenvalue weighted by Gasteiger charge is 2.27. The van der Waals surface area contributed by atoms with E-state index in [1.54, 1.807) is 0 Å². The summed E-state index contributed by atoms with van der Waals surface area (Å²) in [6, 6.07) is 0. The molecule has 0 fully saturated rings. The number of carbonyl (C=O) groups excluding carboxylic acids is 2. The van der Waals surface area contributed by atoms with E-state index in [0.29, 0.717) is 23.9 Å². The number of unbranched alkanes of at least 4 members (excludes halogenated alkanes) is 50. The standard InChI is InChI=1S/C81H152NO8P/c1-6-8-10-12-14-16-18-20-22-24-26-28-30-32-34-36-37-38-39-40-41-42-43-44-46-47-49-51-53-55-57-59-61-63-65-67-69-71-73-80(83)87-77-79(78-89-91(85,86)88-76-75-82(3,4)5)90-81(84)74-72-70-68-66-64-62-60-58-56-54-52-50-48-45-35-33-31-29-27-25-23-21-19-17-15-13-11-9-7-2/h9,11,15,17,21,23,27,29,33,35,79H,6-8,10,12-14,16,18-20,22,24-26,28,30-32,34,36-78H2,1-5H3/p+1/b11-9-,17-15-,23-21-,29-27-,35-33-. The van der Waals surface area contributed by atoms with E-state index >= 15 is 0 Å². The number of hydrogen-bond donors (Lipinski definition) is 1.